The van der Waals surface area contributed by atoms with Gasteiger partial charge in [-0.25, -0.2) is 0 Å². The Morgan fingerprint density at radius 1 is 1.41 bits per heavy atom. The fraction of sp³-hybridized carbons (Fsp3) is 0.538. The van der Waals surface area contributed by atoms with Crippen LogP contribution in [0.2, 0.25) is 0 Å². The van der Waals surface area contributed by atoms with E-state index in [0.717, 1.165) is 12.8 Å². The van der Waals surface area contributed by atoms with Crippen molar-refractivity contribution in [3.8, 4) is 6.07 Å². The molecular weight excluding hydrogens is 214 g/mol. The molecule has 2 bridgehead atoms. The summed E-state index contributed by atoms with van der Waals surface area (Å²) in [6.07, 6.45) is 5.20. The minimum Gasteiger partial charge on any atom is -0.383 e. The van der Waals surface area contributed by atoms with E-state index in [2.05, 4.69) is 16.4 Å². The number of rotatable bonds is 1. The molecule has 0 spiro atoms. The maximum atomic E-state index is 10.8. The van der Waals surface area contributed by atoms with Gasteiger partial charge in [0.15, 0.2) is 0 Å². The molecule has 0 saturated carbocycles. The van der Waals surface area contributed by atoms with Gasteiger partial charge in [0.25, 0.3) is 0 Å². The zero-order valence-electron chi connectivity index (χ0n) is 9.56. The molecule has 0 aliphatic carbocycles. The van der Waals surface area contributed by atoms with Crippen molar-refractivity contribution >= 4 is 0 Å². The molecule has 2 aliphatic rings. The number of aliphatic hydroxyl groups is 1. The highest BCUT2D eigenvalue weighted by molar-refractivity contribution is 5.37. The third-order valence-electron chi connectivity index (χ3n) is 3.87. The normalized spacial score (nSPS) is 35.5. The minimum atomic E-state index is -0.927. The number of nitrogens with zero attached hydrogens (tertiary/aromatic N) is 2. The van der Waals surface area contributed by atoms with E-state index in [-0.39, 0.29) is 0 Å². The molecule has 2 unspecified atom stereocenters. The van der Waals surface area contributed by atoms with Crippen LogP contribution in [0.5, 0.6) is 0 Å². The second-order valence-electron chi connectivity index (χ2n) is 5.09. The Kier molecular flexibility index (Phi) is 2.39. The van der Waals surface area contributed by atoms with Gasteiger partial charge in [-0.1, -0.05) is 0 Å². The summed E-state index contributed by atoms with van der Waals surface area (Å²) in [4.78, 5) is 4.24. The van der Waals surface area contributed by atoms with Gasteiger partial charge < -0.3 is 10.4 Å². The third kappa shape index (κ3) is 1.72. The number of nitriles is 1. The maximum absolute atomic E-state index is 10.8. The van der Waals surface area contributed by atoms with E-state index in [1.165, 1.54) is 0 Å². The highest BCUT2D eigenvalue weighted by Crippen LogP contribution is 2.40. The van der Waals surface area contributed by atoms with Crippen LogP contribution in [0.4, 0.5) is 0 Å². The molecule has 4 heteroatoms. The molecule has 4 nitrogen and oxygen atoms in total. The van der Waals surface area contributed by atoms with Crippen LogP contribution in [0.15, 0.2) is 18.3 Å². The lowest BCUT2D eigenvalue weighted by Crippen LogP contribution is -2.47. The number of fused-ring (bicyclic) bond motifs is 2. The van der Waals surface area contributed by atoms with Gasteiger partial charge in [0, 0.05) is 18.3 Å². The van der Waals surface area contributed by atoms with E-state index < -0.39 is 5.60 Å². The van der Waals surface area contributed by atoms with Crippen LogP contribution >= 0.6 is 0 Å². The summed E-state index contributed by atoms with van der Waals surface area (Å²) in [7, 11) is 0. The van der Waals surface area contributed by atoms with Crippen LogP contribution in [-0.2, 0) is 5.60 Å². The Hall–Kier alpha value is -1.44. The summed E-state index contributed by atoms with van der Waals surface area (Å²) in [6.45, 7) is 0. The number of hydrogen-bond donors (Lipinski definition) is 2. The molecule has 2 atom stereocenters. The monoisotopic (exact) mass is 229 g/mol. The standard InChI is InChI=1S/C13H15N3O/c14-8-9-2-1-5-15-12(9)13(17)6-10-3-4-11(7-13)16-10/h1-2,5,10-11,16-17H,3-4,6-7H2. The van der Waals surface area contributed by atoms with Crippen LogP contribution in [0.1, 0.15) is 36.9 Å². The molecule has 2 N–H and O–H groups in total. The highest BCUT2D eigenvalue weighted by atomic mass is 16.3. The summed E-state index contributed by atoms with van der Waals surface area (Å²) in [5, 5.41) is 23.4. The Bertz CT molecular complexity index is 468. The fourth-order valence-electron chi connectivity index (χ4n) is 3.18. The zero-order valence-corrected chi connectivity index (χ0v) is 9.56. The summed E-state index contributed by atoms with van der Waals surface area (Å²) in [6, 6.07) is 6.32. The Morgan fingerprint density at radius 3 is 2.76 bits per heavy atom. The van der Waals surface area contributed by atoms with Gasteiger partial charge in [0.1, 0.15) is 11.7 Å². The van der Waals surface area contributed by atoms with E-state index in [1.54, 1.807) is 18.3 Å². The Labute approximate surface area is 100 Å². The third-order valence-corrected chi connectivity index (χ3v) is 3.87. The van der Waals surface area contributed by atoms with E-state index in [4.69, 9.17) is 5.26 Å². The Morgan fingerprint density at radius 2 is 2.12 bits per heavy atom. The molecule has 3 heterocycles. The molecule has 1 aromatic heterocycles. The van der Waals surface area contributed by atoms with Crippen molar-refractivity contribution in [2.24, 2.45) is 0 Å². The van der Waals surface area contributed by atoms with Crippen molar-refractivity contribution in [2.45, 2.75) is 43.4 Å². The van der Waals surface area contributed by atoms with Crippen LogP contribution in [0.3, 0.4) is 0 Å². The topological polar surface area (TPSA) is 68.9 Å². The van der Waals surface area contributed by atoms with Gasteiger partial charge in [-0.3, -0.25) is 4.98 Å². The average molecular weight is 229 g/mol. The molecule has 0 aromatic carbocycles. The lowest BCUT2D eigenvalue weighted by atomic mass is 9.83. The lowest BCUT2D eigenvalue weighted by Gasteiger charge is -2.36. The van der Waals surface area contributed by atoms with Crippen LogP contribution in [0, 0.1) is 11.3 Å². The smallest absolute Gasteiger partial charge is 0.111 e. The molecule has 0 amide bonds. The highest BCUT2D eigenvalue weighted by Gasteiger charge is 2.45. The molecule has 88 valence electrons. The molecule has 2 fully saturated rings. The minimum absolute atomic E-state index is 0.368. The van der Waals surface area contributed by atoms with Gasteiger partial charge in [0.05, 0.1) is 11.3 Å². The molecular formula is C13H15N3O. The Balaban J connectivity index is 2.00. The van der Waals surface area contributed by atoms with Crippen LogP contribution < -0.4 is 5.32 Å². The molecule has 0 radical (unpaired) electrons. The number of hydrogen-bond acceptors (Lipinski definition) is 4. The fourth-order valence-corrected chi connectivity index (χ4v) is 3.18. The van der Waals surface area contributed by atoms with Gasteiger partial charge in [-0.05, 0) is 37.8 Å². The SMILES string of the molecule is N#Cc1cccnc1C1(O)CC2CCC(C1)N2. The van der Waals surface area contributed by atoms with Crippen LogP contribution in [0.25, 0.3) is 0 Å². The van der Waals surface area contributed by atoms with Crippen molar-refractivity contribution < 1.29 is 5.11 Å². The number of aromatic nitrogens is 1. The first-order chi connectivity index (χ1) is 8.21. The van der Waals surface area contributed by atoms with Gasteiger partial charge in [-0.15, -0.1) is 0 Å². The number of nitrogens with one attached hydrogen (secondary N) is 1. The quantitative estimate of drug-likeness (QED) is 0.755. The van der Waals surface area contributed by atoms with E-state index >= 15 is 0 Å². The maximum Gasteiger partial charge on any atom is 0.111 e. The van der Waals surface area contributed by atoms with Crippen molar-refractivity contribution in [2.75, 3.05) is 0 Å². The molecule has 2 saturated heterocycles. The molecule has 17 heavy (non-hydrogen) atoms. The zero-order chi connectivity index (χ0) is 11.9. The van der Waals surface area contributed by atoms with Crippen molar-refractivity contribution in [1.82, 2.24) is 10.3 Å². The summed E-state index contributed by atoms with van der Waals surface area (Å²) in [5.74, 6) is 0. The lowest BCUT2D eigenvalue weighted by molar-refractivity contribution is -0.0155. The van der Waals surface area contributed by atoms with Gasteiger partial charge >= 0.3 is 0 Å². The largest absolute Gasteiger partial charge is 0.383 e. The average Bonchev–Trinajstić information content (AvgIpc) is 2.69. The van der Waals surface area contributed by atoms with Crippen molar-refractivity contribution in [3.63, 3.8) is 0 Å². The molecule has 2 aliphatic heterocycles. The predicted octanol–water partition coefficient (Wildman–Crippen LogP) is 1.06. The number of piperidine rings is 1. The predicted molar refractivity (Wildman–Crippen MR) is 62.0 cm³/mol. The number of pyridine rings is 1. The first-order valence-corrected chi connectivity index (χ1v) is 6.05. The second kappa shape index (κ2) is 3.80. The second-order valence-corrected chi connectivity index (χ2v) is 5.09. The van der Waals surface area contributed by atoms with E-state index in [9.17, 15) is 5.11 Å². The summed E-state index contributed by atoms with van der Waals surface area (Å²) >= 11 is 0. The van der Waals surface area contributed by atoms with E-state index in [0.29, 0.717) is 36.2 Å². The first-order valence-electron chi connectivity index (χ1n) is 6.05. The first kappa shape index (κ1) is 10.7. The van der Waals surface area contributed by atoms with Gasteiger partial charge in [-0.2, -0.15) is 5.26 Å². The van der Waals surface area contributed by atoms with Gasteiger partial charge in [0.2, 0.25) is 0 Å². The molecule has 3 rings (SSSR count). The van der Waals surface area contributed by atoms with Crippen LogP contribution in [-0.4, -0.2) is 22.2 Å². The van der Waals surface area contributed by atoms with Crippen molar-refractivity contribution in [1.29, 1.82) is 5.26 Å². The molecule has 1 aromatic rings. The van der Waals surface area contributed by atoms with Crippen molar-refractivity contribution in [3.05, 3.63) is 29.6 Å². The van der Waals surface area contributed by atoms with E-state index in [1.807, 2.05) is 0 Å². The summed E-state index contributed by atoms with van der Waals surface area (Å²) < 4.78 is 0. The summed E-state index contributed by atoms with van der Waals surface area (Å²) in [5.41, 5.74) is 0.126.